The van der Waals surface area contributed by atoms with Crippen LogP contribution in [0.25, 0.3) is 0 Å². The van der Waals surface area contributed by atoms with Gasteiger partial charge in [-0.25, -0.2) is 0 Å². The Bertz CT molecular complexity index is 543. The summed E-state index contributed by atoms with van der Waals surface area (Å²) in [6.45, 7) is 2.24. The van der Waals surface area contributed by atoms with Crippen LogP contribution in [0.3, 0.4) is 0 Å². The van der Waals surface area contributed by atoms with Gasteiger partial charge in [0, 0.05) is 25.4 Å². The SMILES string of the molecule is Cl.Cl.O=C(NCc1ccc(=O)[nH]c1)[C@@]12CCCC[C@H]1CNC2. The van der Waals surface area contributed by atoms with Gasteiger partial charge < -0.3 is 15.6 Å². The molecule has 1 aliphatic carbocycles. The van der Waals surface area contributed by atoms with Crippen LogP contribution < -0.4 is 16.2 Å². The molecule has 1 aromatic heterocycles. The second-order valence-corrected chi connectivity index (χ2v) is 5.97. The third-order valence-electron chi connectivity index (χ3n) is 4.79. The number of pyridine rings is 1. The van der Waals surface area contributed by atoms with Gasteiger partial charge in [-0.15, -0.1) is 24.8 Å². The summed E-state index contributed by atoms with van der Waals surface area (Å²) in [6.07, 6.45) is 6.18. The molecule has 5 nitrogen and oxygen atoms in total. The Labute approximate surface area is 142 Å². The minimum Gasteiger partial charge on any atom is -0.351 e. The van der Waals surface area contributed by atoms with E-state index in [2.05, 4.69) is 15.6 Å². The Morgan fingerprint density at radius 2 is 2.14 bits per heavy atom. The van der Waals surface area contributed by atoms with Crippen LogP contribution in [0, 0.1) is 11.3 Å². The van der Waals surface area contributed by atoms with Crippen molar-refractivity contribution < 1.29 is 4.79 Å². The fourth-order valence-electron chi connectivity index (χ4n) is 3.60. The van der Waals surface area contributed by atoms with Crippen molar-refractivity contribution in [3.05, 3.63) is 34.2 Å². The average molecular weight is 348 g/mol. The number of halogens is 2. The summed E-state index contributed by atoms with van der Waals surface area (Å²) in [5, 5.41) is 6.43. The van der Waals surface area contributed by atoms with Crippen LogP contribution in [0.1, 0.15) is 31.2 Å². The maximum Gasteiger partial charge on any atom is 0.247 e. The molecule has 0 spiro atoms. The van der Waals surface area contributed by atoms with E-state index < -0.39 is 0 Å². The maximum atomic E-state index is 12.6. The molecule has 2 fully saturated rings. The Morgan fingerprint density at radius 3 is 2.86 bits per heavy atom. The molecule has 0 radical (unpaired) electrons. The number of nitrogens with one attached hydrogen (secondary N) is 3. The number of H-pyrrole nitrogens is 1. The first-order chi connectivity index (χ1) is 9.71. The monoisotopic (exact) mass is 347 g/mol. The molecule has 22 heavy (non-hydrogen) atoms. The van der Waals surface area contributed by atoms with Gasteiger partial charge in [-0.3, -0.25) is 9.59 Å². The van der Waals surface area contributed by atoms with Crippen LogP contribution in [0.5, 0.6) is 0 Å². The zero-order chi connectivity index (χ0) is 14.0. The minimum absolute atomic E-state index is 0. The van der Waals surface area contributed by atoms with Crippen molar-refractivity contribution in [1.29, 1.82) is 0 Å². The van der Waals surface area contributed by atoms with Gasteiger partial charge >= 0.3 is 0 Å². The highest BCUT2D eigenvalue weighted by molar-refractivity contribution is 5.85. The van der Waals surface area contributed by atoms with Crippen LogP contribution in [-0.4, -0.2) is 24.0 Å². The van der Waals surface area contributed by atoms with E-state index in [1.54, 1.807) is 12.3 Å². The van der Waals surface area contributed by atoms with E-state index in [0.717, 1.165) is 37.9 Å². The molecule has 7 heteroatoms. The van der Waals surface area contributed by atoms with E-state index in [-0.39, 0.29) is 41.7 Å². The van der Waals surface area contributed by atoms with E-state index in [1.807, 2.05) is 0 Å². The molecule has 2 heterocycles. The second-order valence-electron chi connectivity index (χ2n) is 5.97. The first kappa shape index (κ1) is 19.0. The quantitative estimate of drug-likeness (QED) is 0.777. The highest BCUT2D eigenvalue weighted by Gasteiger charge is 2.49. The van der Waals surface area contributed by atoms with E-state index in [1.165, 1.54) is 12.5 Å². The summed E-state index contributed by atoms with van der Waals surface area (Å²) in [5.74, 6) is 0.644. The van der Waals surface area contributed by atoms with Gasteiger partial charge in [-0.1, -0.05) is 18.9 Å². The Hall–Kier alpha value is -1.04. The lowest BCUT2D eigenvalue weighted by Gasteiger charge is -2.37. The third-order valence-corrected chi connectivity index (χ3v) is 4.79. The zero-order valence-corrected chi connectivity index (χ0v) is 14.0. The summed E-state index contributed by atoms with van der Waals surface area (Å²) in [7, 11) is 0. The number of carbonyl (C=O) groups excluding carboxylic acids is 1. The van der Waals surface area contributed by atoms with Crippen LogP contribution >= 0.6 is 24.8 Å². The van der Waals surface area contributed by atoms with Gasteiger partial charge in [0.25, 0.3) is 0 Å². The first-order valence-electron chi connectivity index (χ1n) is 7.37. The topological polar surface area (TPSA) is 74.0 Å². The van der Waals surface area contributed by atoms with Gasteiger partial charge in [0.2, 0.25) is 11.5 Å². The van der Waals surface area contributed by atoms with Gasteiger partial charge in [0.15, 0.2) is 0 Å². The average Bonchev–Trinajstić information content (AvgIpc) is 2.91. The number of fused-ring (bicyclic) bond motifs is 1. The molecule has 1 amide bonds. The summed E-state index contributed by atoms with van der Waals surface area (Å²) in [4.78, 5) is 26.3. The Balaban J connectivity index is 0.00000121. The number of aromatic nitrogens is 1. The summed E-state index contributed by atoms with van der Waals surface area (Å²) >= 11 is 0. The predicted octanol–water partition coefficient (Wildman–Crippen LogP) is 1.61. The molecule has 3 N–H and O–H groups in total. The standard InChI is InChI=1S/C15H21N3O2.2ClH/c19-13-5-4-11(7-17-13)8-18-14(20)15-6-2-1-3-12(15)9-16-10-15;;/h4-5,7,12,16H,1-3,6,8-10H2,(H,17,19)(H,18,20);2*1H/t12-,15+;;/m0../s1. The molecule has 1 aliphatic heterocycles. The molecule has 0 bridgehead atoms. The van der Waals surface area contributed by atoms with Crippen LogP contribution in [0.2, 0.25) is 0 Å². The van der Waals surface area contributed by atoms with Crippen molar-refractivity contribution >= 4 is 30.7 Å². The smallest absolute Gasteiger partial charge is 0.247 e. The molecule has 2 aliphatic rings. The van der Waals surface area contributed by atoms with Gasteiger partial charge in [0.1, 0.15) is 0 Å². The molecular weight excluding hydrogens is 325 g/mol. The van der Waals surface area contributed by atoms with Crippen LogP contribution in [-0.2, 0) is 11.3 Å². The second kappa shape index (κ2) is 7.99. The number of rotatable bonds is 3. The van der Waals surface area contributed by atoms with E-state index in [0.29, 0.717) is 12.5 Å². The first-order valence-corrected chi connectivity index (χ1v) is 7.37. The number of carbonyl (C=O) groups is 1. The van der Waals surface area contributed by atoms with Crippen molar-refractivity contribution in [2.24, 2.45) is 11.3 Å². The van der Waals surface area contributed by atoms with Crippen molar-refractivity contribution in [2.75, 3.05) is 13.1 Å². The summed E-state index contributed by atoms with van der Waals surface area (Å²) in [6, 6.07) is 3.24. The summed E-state index contributed by atoms with van der Waals surface area (Å²) in [5.41, 5.74) is 0.596. The van der Waals surface area contributed by atoms with E-state index in [4.69, 9.17) is 0 Å². The van der Waals surface area contributed by atoms with Crippen molar-refractivity contribution in [2.45, 2.75) is 32.2 Å². The molecular formula is C15H23Cl2N3O2. The number of amides is 1. The number of hydrogen-bond donors (Lipinski definition) is 3. The molecule has 124 valence electrons. The van der Waals surface area contributed by atoms with E-state index >= 15 is 0 Å². The Morgan fingerprint density at radius 1 is 1.32 bits per heavy atom. The Kier molecular flexibility index (Phi) is 6.91. The van der Waals surface area contributed by atoms with Crippen molar-refractivity contribution in [3.8, 4) is 0 Å². The molecule has 1 aromatic rings. The van der Waals surface area contributed by atoms with Gasteiger partial charge in [-0.2, -0.15) is 0 Å². The normalized spacial score (nSPS) is 26.3. The fraction of sp³-hybridized carbons (Fsp3) is 0.600. The van der Waals surface area contributed by atoms with Crippen LogP contribution in [0.15, 0.2) is 23.1 Å². The number of aromatic amines is 1. The fourth-order valence-corrected chi connectivity index (χ4v) is 3.60. The highest BCUT2D eigenvalue weighted by Crippen LogP contribution is 2.43. The van der Waals surface area contributed by atoms with Crippen molar-refractivity contribution in [1.82, 2.24) is 15.6 Å². The third kappa shape index (κ3) is 3.65. The largest absolute Gasteiger partial charge is 0.351 e. The van der Waals surface area contributed by atoms with Crippen LogP contribution in [0.4, 0.5) is 0 Å². The van der Waals surface area contributed by atoms with E-state index in [9.17, 15) is 9.59 Å². The minimum atomic E-state index is -0.208. The molecule has 3 rings (SSSR count). The predicted molar refractivity (Wildman–Crippen MR) is 90.7 cm³/mol. The highest BCUT2D eigenvalue weighted by atomic mass is 35.5. The molecule has 1 saturated carbocycles. The van der Waals surface area contributed by atoms with Gasteiger partial charge in [0.05, 0.1) is 5.41 Å². The lowest BCUT2D eigenvalue weighted by molar-refractivity contribution is -0.134. The zero-order valence-electron chi connectivity index (χ0n) is 12.4. The maximum absolute atomic E-state index is 12.6. The number of hydrogen-bond acceptors (Lipinski definition) is 3. The van der Waals surface area contributed by atoms with Crippen molar-refractivity contribution in [3.63, 3.8) is 0 Å². The molecule has 2 atom stereocenters. The molecule has 1 saturated heterocycles. The lowest BCUT2D eigenvalue weighted by atomic mass is 9.67. The van der Waals surface area contributed by atoms with Gasteiger partial charge in [-0.05, 0) is 30.9 Å². The lowest BCUT2D eigenvalue weighted by Crippen LogP contribution is -2.47. The summed E-state index contributed by atoms with van der Waals surface area (Å²) < 4.78 is 0. The molecule has 0 unspecified atom stereocenters. The molecule has 0 aromatic carbocycles.